The van der Waals surface area contributed by atoms with Crippen molar-refractivity contribution in [3.63, 3.8) is 0 Å². The van der Waals surface area contributed by atoms with Gasteiger partial charge in [0.1, 0.15) is 5.75 Å². The SMILES string of the molecule is C=Cc1cccc(C)c1O[Si](C(C)C)C(C)C. The molecule has 1 nitrogen and oxygen atoms in total. The highest BCUT2D eigenvalue weighted by Gasteiger charge is 2.25. The highest BCUT2D eigenvalue weighted by molar-refractivity contribution is 6.55. The van der Waals surface area contributed by atoms with E-state index in [1.807, 2.05) is 6.08 Å². The first-order chi connectivity index (χ1) is 7.97. The molecule has 0 N–H and O–H groups in total. The van der Waals surface area contributed by atoms with Gasteiger partial charge in [-0.2, -0.15) is 0 Å². The van der Waals surface area contributed by atoms with Gasteiger partial charge in [0.15, 0.2) is 0 Å². The molecule has 2 heteroatoms. The largest absolute Gasteiger partial charge is 0.541 e. The molecule has 0 spiro atoms. The molecule has 0 aliphatic heterocycles. The van der Waals surface area contributed by atoms with Crippen LogP contribution in [0, 0.1) is 6.92 Å². The zero-order valence-corrected chi connectivity index (χ0v) is 12.6. The van der Waals surface area contributed by atoms with Gasteiger partial charge in [-0.25, -0.2) is 0 Å². The van der Waals surface area contributed by atoms with Gasteiger partial charge >= 0.3 is 0 Å². The fraction of sp³-hybridized carbons (Fsp3) is 0.467. The van der Waals surface area contributed by atoms with Gasteiger partial charge < -0.3 is 4.43 Å². The molecule has 0 unspecified atom stereocenters. The average Bonchev–Trinajstić information content (AvgIpc) is 2.25. The molecule has 0 bridgehead atoms. The maximum atomic E-state index is 6.32. The van der Waals surface area contributed by atoms with Crippen molar-refractivity contribution in [3.8, 4) is 5.75 Å². The quantitative estimate of drug-likeness (QED) is 0.677. The predicted octanol–water partition coefficient (Wildman–Crippen LogP) is 4.83. The molecular formula is C15H23OSi. The first-order valence-electron chi connectivity index (χ1n) is 6.24. The van der Waals surface area contributed by atoms with Crippen molar-refractivity contribution >= 4 is 15.1 Å². The lowest BCUT2D eigenvalue weighted by molar-refractivity contribution is 0.531. The minimum atomic E-state index is -0.833. The van der Waals surface area contributed by atoms with Gasteiger partial charge in [0.25, 0.3) is 9.04 Å². The van der Waals surface area contributed by atoms with Crippen LogP contribution in [-0.2, 0) is 0 Å². The van der Waals surface area contributed by atoms with Crippen molar-refractivity contribution in [3.05, 3.63) is 35.9 Å². The number of rotatable bonds is 5. The Hall–Kier alpha value is -1.02. The van der Waals surface area contributed by atoms with Crippen LogP contribution < -0.4 is 4.43 Å². The molecule has 0 saturated carbocycles. The van der Waals surface area contributed by atoms with Crippen molar-refractivity contribution in [2.45, 2.75) is 45.7 Å². The van der Waals surface area contributed by atoms with Crippen LogP contribution >= 0.6 is 0 Å². The molecule has 0 aliphatic rings. The summed E-state index contributed by atoms with van der Waals surface area (Å²) in [5.41, 5.74) is 3.52. The summed E-state index contributed by atoms with van der Waals surface area (Å²) in [5.74, 6) is 1.03. The minimum absolute atomic E-state index is 0.609. The molecule has 0 atom stereocenters. The van der Waals surface area contributed by atoms with Crippen LogP contribution in [0.3, 0.4) is 0 Å². The summed E-state index contributed by atoms with van der Waals surface area (Å²) in [6.45, 7) is 15.0. The number of hydrogen-bond acceptors (Lipinski definition) is 1. The molecule has 0 amide bonds. The summed E-state index contributed by atoms with van der Waals surface area (Å²) in [6, 6.07) is 6.22. The van der Waals surface area contributed by atoms with E-state index in [1.54, 1.807) is 0 Å². The number of para-hydroxylation sites is 1. The predicted molar refractivity (Wildman–Crippen MR) is 77.8 cm³/mol. The van der Waals surface area contributed by atoms with Crippen molar-refractivity contribution in [2.24, 2.45) is 0 Å². The van der Waals surface area contributed by atoms with E-state index in [2.05, 4.69) is 59.4 Å². The molecule has 0 heterocycles. The Morgan fingerprint density at radius 2 is 1.76 bits per heavy atom. The minimum Gasteiger partial charge on any atom is -0.541 e. The van der Waals surface area contributed by atoms with E-state index >= 15 is 0 Å². The molecule has 1 radical (unpaired) electrons. The van der Waals surface area contributed by atoms with Crippen molar-refractivity contribution in [1.82, 2.24) is 0 Å². The van der Waals surface area contributed by atoms with Gasteiger partial charge in [0, 0.05) is 5.56 Å². The lowest BCUT2D eigenvalue weighted by Crippen LogP contribution is -2.29. The molecule has 93 valence electrons. The van der Waals surface area contributed by atoms with E-state index in [-0.39, 0.29) is 0 Å². The highest BCUT2D eigenvalue weighted by Crippen LogP contribution is 2.30. The van der Waals surface area contributed by atoms with E-state index in [1.165, 1.54) is 5.56 Å². The second-order valence-corrected chi connectivity index (χ2v) is 8.33. The van der Waals surface area contributed by atoms with E-state index in [0.717, 1.165) is 11.3 Å². The highest BCUT2D eigenvalue weighted by atomic mass is 28.3. The first-order valence-corrected chi connectivity index (χ1v) is 7.80. The second kappa shape index (κ2) is 6.06. The third-order valence-corrected chi connectivity index (χ3v) is 5.54. The summed E-state index contributed by atoms with van der Waals surface area (Å²) in [4.78, 5) is 0. The second-order valence-electron chi connectivity index (χ2n) is 5.01. The fourth-order valence-electron chi connectivity index (χ4n) is 2.00. The van der Waals surface area contributed by atoms with Gasteiger partial charge in [-0.1, -0.05) is 58.5 Å². The van der Waals surface area contributed by atoms with E-state index in [4.69, 9.17) is 4.43 Å². The van der Waals surface area contributed by atoms with Gasteiger partial charge in [0.2, 0.25) is 0 Å². The first kappa shape index (κ1) is 14.0. The molecule has 0 aromatic heterocycles. The van der Waals surface area contributed by atoms with Gasteiger partial charge in [-0.05, 0) is 23.6 Å². The normalized spacial score (nSPS) is 11.3. The van der Waals surface area contributed by atoms with Crippen molar-refractivity contribution in [2.75, 3.05) is 0 Å². The van der Waals surface area contributed by atoms with Gasteiger partial charge in [0.05, 0.1) is 0 Å². The summed E-state index contributed by atoms with van der Waals surface area (Å²) in [5, 5.41) is 0. The van der Waals surface area contributed by atoms with E-state index in [0.29, 0.717) is 11.1 Å². The molecule has 1 aromatic carbocycles. The third kappa shape index (κ3) is 3.47. The lowest BCUT2D eigenvalue weighted by atomic mass is 10.1. The molecule has 17 heavy (non-hydrogen) atoms. The van der Waals surface area contributed by atoms with E-state index in [9.17, 15) is 0 Å². The Balaban J connectivity index is 3.04. The number of hydrogen-bond donors (Lipinski definition) is 0. The summed E-state index contributed by atoms with van der Waals surface area (Å²) in [6.07, 6.45) is 1.88. The third-order valence-electron chi connectivity index (χ3n) is 2.82. The van der Waals surface area contributed by atoms with E-state index < -0.39 is 9.04 Å². The number of benzene rings is 1. The maximum Gasteiger partial charge on any atom is 0.286 e. The summed E-state index contributed by atoms with van der Waals surface area (Å²) >= 11 is 0. The summed E-state index contributed by atoms with van der Waals surface area (Å²) < 4.78 is 6.32. The zero-order valence-electron chi connectivity index (χ0n) is 11.6. The number of aryl methyl sites for hydroxylation is 1. The monoisotopic (exact) mass is 247 g/mol. The van der Waals surface area contributed by atoms with Crippen LogP contribution in [0.1, 0.15) is 38.8 Å². The van der Waals surface area contributed by atoms with Crippen LogP contribution in [0.4, 0.5) is 0 Å². The van der Waals surface area contributed by atoms with Gasteiger partial charge in [-0.15, -0.1) is 0 Å². The smallest absolute Gasteiger partial charge is 0.286 e. The Labute approximate surface area is 107 Å². The molecule has 1 rings (SSSR count). The van der Waals surface area contributed by atoms with Crippen molar-refractivity contribution < 1.29 is 4.43 Å². The summed E-state index contributed by atoms with van der Waals surface area (Å²) in [7, 11) is -0.833. The Morgan fingerprint density at radius 1 is 1.18 bits per heavy atom. The lowest BCUT2D eigenvalue weighted by Gasteiger charge is -2.25. The zero-order chi connectivity index (χ0) is 13.0. The molecule has 1 aromatic rings. The molecular weight excluding hydrogens is 224 g/mol. The van der Waals surface area contributed by atoms with Crippen LogP contribution in [0.15, 0.2) is 24.8 Å². The van der Waals surface area contributed by atoms with Crippen LogP contribution in [0.5, 0.6) is 5.75 Å². The molecule has 0 aliphatic carbocycles. The fourth-order valence-corrected chi connectivity index (χ4v) is 4.31. The molecule has 0 saturated heterocycles. The standard InChI is InChI=1S/C15H23OSi/c1-7-14-10-8-9-13(6)15(14)16-17(11(2)3)12(4)5/h7-12H,1H2,2-6H3. The Kier molecular flexibility index (Phi) is 5.00. The average molecular weight is 247 g/mol. The topological polar surface area (TPSA) is 9.23 Å². The maximum absolute atomic E-state index is 6.32. The van der Waals surface area contributed by atoms with Crippen LogP contribution in [0.25, 0.3) is 6.08 Å². The molecule has 0 fully saturated rings. The van der Waals surface area contributed by atoms with Gasteiger partial charge in [-0.3, -0.25) is 0 Å². The Bertz CT molecular complexity index is 375. The van der Waals surface area contributed by atoms with Crippen LogP contribution in [-0.4, -0.2) is 9.04 Å². The van der Waals surface area contributed by atoms with Crippen molar-refractivity contribution in [1.29, 1.82) is 0 Å². The van der Waals surface area contributed by atoms with Crippen LogP contribution in [0.2, 0.25) is 11.1 Å². The Morgan fingerprint density at radius 3 is 2.24 bits per heavy atom.